The standard InChI is InChI=1S/C17H16N4OS/c1-10-7-14(13-5-4-6-18-8-13)12(3)15(19-10)16(22)21-17-20-11(2)9-23-17/h4-9H,1-3H3,(H,20,21,22). The number of aryl methyl sites for hydroxylation is 2. The Hall–Kier alpha value is -2.60. The molecule has 0 saturated heterocycles. The smallest absolute Gasteiger partial charge is 0.276 e. The molecule has 3 heterocycles. The molecule has 0 unspecified atom stereocenters. The summed E-state index contributed by atoms with van der Waals surface area (Å²) in [5.74, 6) is -0.245. The van der Waals surface area contributed by atoms with Gasteiger partial charge in [0.2, 0.25) is 0 Å². The minimum Gasteiger partial charge on any atom is -0.296 e. The van der Waals surface area contributed by atoms with E-state index < -0.39 is 0 Å². The SMILES string of the molecule is Cc1csc(NC(=O)c2nc(C)cc(-c3cccnc3)c2C)n1. The fraction of sp³-hybridized carbons (Fsp3) is 0.176. The summed E-state index contributed by atoms with van der Waals surface area (Å²) in [6.07, 6.45) is 3.51. The first-order chi connectivity index (χ1) is 11.0. The summed E-state index contributed by atoms with van der Waals surface area (Å²) in [6, 6.07) is 5.82. The van der Waals surface area contributed by atoms with Crippen molar-refractivity contribution in [2.45, 2.75) is 20.8 Å². The van der Waals surface area contributed by atoms with Crippen molar-refractivity contribution in [1.82, 2.24) is 15.0 Å². The average molecular weight is 324 g/mol. The van der Waals surface area contributed by atoms with E-state index in [9.17, 15) is 4.79 Å². The van der Waals surface area contributed by atoms with E-state index in [0.29, 0.717) is 10.8 Å². The van der Waals surface area contributed by atoms with E-state index >= 15 is 0 Å². The number of nitrogens with one attached hydrogen (secondary N) is 1. The molecule has 1 N–H and O–H groups in total. The number of hydrogen-bond acceptors (Lipinski definition) is 5. The lowest BCUT2D eigenvalue weighted by Crippen LogP contribution is -2.16. The first kappa shape index (κ1) is 15.3. The Morgan fingerprint density at radius 3 is 2.65 bits per heavy atom. The van der Waals surface area contributed by atoms with Gasteiger partial charge in [0.25, 0.3) is 5.91 Å². The third kappa shape index (κ3) is 3.27. The lowest BCUT2D eigenvalue weighted by atomic mass is 10.00. The molecule has 3 rings (SSSR count). The number of thiazole rings is 1. The Kier molecular flexibility index (Phi) is 4.16. The first-order valence-electron chi connectivity index (χ1n) is 7.16. The highest BCUT2D eigenvalue weighted by atomic mass is 32.1. The van der Waals surface area contributed by atoms with Crippen LogP contribution in [0.15, 0.2) is 36.0 Å². The van der Waals surface area contributed by atoms with E-state index in [1.54, 1.807) is 12.4 Å². The number of amides is 1. The lowest BCUT2D eigenvalue weighted by Gasteiger charge is -2.11. The number of anilines is 1. The largest absolute Gasteiger partial charge is 0.296 e. The van der Waals surface area contributed by atoms with Crippen molar-refractivity contribution in [3.05, 3.63) is 58.6 Å². The summed E-state index contributed by atoms with van der Waals surface area (Å²) in [6.45, 7) is 5.67. The van der Waals surface area contributed by atoms with Gasteiger partial charge in [-0.2, -0.15) is 0 Å². The number of carbonyl (C=O) groups is 1. The summed E-state index contributed by atoms with van der Waals surface area (Å²) in [5, 5.41) is 5.29. The second-order valence-corrected chi connectivity index (χ2v) is 6.13. The number of hydrogen-bond donors (Lipinski definition) is 1. The van der Waals surface area contributed by atoms with Crippen molar-refractivity contribution >= 4 is 22.4 Å². The molecule has 0 saturated carbocycles. The Bertz CT molecular complexity index is 858. The van der Waals surface area contributed by atoms with E-state index in [-0.39, 0.29) is 5.91 Å². The van der Waals surface area contributed by atoms with Crippen LogP contribution in [0.3, 0.4) is 0 Å². The number of nitrogens with zero attached hydrogens (tertiary/aromatic N) is 3. The Labute approximate surface area is 138 Å². The third-order valence-electron chi connectivity index (χ3n) is 3.43. The summed E-state index contributed by atoms with van der Waals surface area (Å²) < 4.78 is 0. The Morgan fingerprint density at radius 1 is 1.17 bits per heavy atom. The molecule has 0 spiro atoms. The van der Waals surface area contributed by atoms with E-state index in [2.05, 4.69) is 20.3 Å². The Balaban J connectivity index is 1.99. The zero-order chi connectivity index (χ0) is 16.4. The summed E-state index contributed by atoms with van der Waals surface area (Å²) >= 11 is 1.40. The minimum absolute atomic E-state index is 0.245. The highest BCUT2D eigenvalue weighted by Gasteiger charge is 2.17. The van der Waals surface area contributed by atoms with E-state index in [1.807, 2.05) is 44.4 Å². The van der Waals surface area contributed by atoms with Gasteiger partial charge in [0.1, 0.15) is 5.69 Å². The number of rotatable bonds is 3. The van der Waals surface area contributed by atoms with Crippen LogP contribution in [0, 0.1) is 20.8 Å². The van der Waals surface area contributed by atoms with E-state index in [4.69, 9.17) is 0 Å². The highest BCUT2D eigenvalue weighted by Crippen LogP contribution is 2.26. The van der Waals surface area contributed by atoms with Crippen molar-refractivity contribution in [2.75, 3.05) is 5.32 Å². The molecule has 0 aliphatic carbocycles. The molecule has 5 nitrogen and oxygen atoms in total. The third-order valence-corrected chi connectivity index (χ3v) is 4.30. The molecule has 3 aromatic rings. The maximum atomic E-state index is 12.6. The van der Waals surface area contributed by atoms with Crippen molar-refractivity contribution in [3.63, 3.8) is 0 Å². The van der Waals surface area contributed by atoms with Crippen LogP contribution in [0.25, 0.3) is 11.1 Å². The van der Waals surface area contributed by atoms with Gasteiger partial charge in [0, 0.05) is 29.0 Å². The molecule has 0 aromatic carbocycles. The fourth-order valence-electron chi connectivity index (χ4n) is 2.35. The van der Waals surface area contributed by atoms with Crippen LogP contribution in [0.1, 0.15) is 27.4 Å². The lowest BCUT2D eigenvalue weighted by molar-refractivity contribution is 0.102. The number of carbonyl (C=O) groups excluding carboxylic acids is 1. The van der Waals surface area contributed by atoms with Crippen molar-refractivity contribution in [1.29, 1.82) is 0 Å². The molecular weight excluding hydrogens is 308 g/mol. The Morgan fingerprint density at radius 2 is 2.00 bits per heavy atom. The van der Waals surface area contributed by atoms with Gasteiger partial charge in [-0.25, -0.2) is 9.97 Å². The van der Waals surface area contributed by atoms with Crippen LogP contribution in [0.4, 0.5) is 5.13 Å². The summed E-state index contributed by atoms with van der Waals surface area (Å²) in [5.41, 5.74) is 4.84. The molecule has 0 aliphatic rings. The highest BCUT2D eigenvalue weighted by molar-refractivity contribution is 7.13. The van der Waals surface area contributed by atoms with Gasteiger partial charge in [-0.3, -0.25) is 15.1 Å². The van der Waals surface area contributed by atoms with E-state index in [0.717, 1.165) is 28.1 Å². The molecule has 0 aliphatic heterocycles. The molecule has 1 amide bonds. The van der Waals surface area contributed by atoms with E-state index in [1.165, 1.54) is 11.3 Å². The van der Waals surface area contributed by atoms with Crippen LogP contribution < -0.4 is 5.32 Å². The molecule has 0 atom stereocenters. The average Bonchev–Trinajstić information content (AvgIpc) is 2.95. The second-order valence-electron chi connectivity index (χ2n) is 5.27. The summed E-state index contributed by atoms with van der Waals surface area (Å²) in [7, 11) is 0. The molecule has 3 aromatic heterocycles. The van der Waals surface area contributed by atoms with Gasteiger partial charge >= 0.3 is 0 Å². The van der Waals surface area contributed by atoms with Crippen LogP contribution in [0.2, 0.25) is 0 Å². The van der Waals surface area contributed by atoms with Crippen molar-refractivity contribution in [3.8, 4) is 11.1 Å². The monoisotopic (exact) mass is 324 g/mol. The van der Waals surface area contributed by atoms with Crippen molar-refractivity contribution in [2.24, 2.45) is 0 Å². The maximum absolute atomic E-state index is 12.6. The quantitative estimate of drug-likeness (QED) is 0.796. The van der Waals surface area contributed by atoms with Crippen LogP contribution in [0.5, 0.6) is 0 Å². The molecular formula is C17H16N4OS. The van der Waals surface area contributed by atoms with Crippen LogP contribution in [-0.4, -0.2) is 20.9 Å². The van der Waals surface area contributed by atoms with Gasteiger partial charge in [-0.15, -0.1) is 11.3 Å². The molecule has 0 bridgehead atoms. The minimum atomic E-state index is -0.245. The first-order valence-corrected chi connectivity index (χ1v) is 8.04. The predicted octanol–water partition coefficient (Wildman–Crippen LogP) is 3.78. The van der Waals surface area contributed by atoms with Crippen LogP contribution >= 0.6 is 11.3 Å². The van der Waals surface area contributed by atoms with Crippen LogP contribution in [-0.2, 0) is 0 Å². The van der Waals surface area contributed by atoms with Gasteiger partial charge in [0.15, 0.2) is 5.13 Å². The predicted molar refractivity (Wildman–Crippen MR) is 91.7 cm³/mol. The van der Waals surface area contributed by atoms with Crippen molar-refractivity contribution < 1.29 is 4.79 Å². The molecule has 6 heteroatoms. The van der Waals surface area contributed by atoms with Gasteiger partial charge in [0.05, 0.1) is 5.69 Å². The summed E-state index contributed by atoms with van der Waals surface area (Å²) in [4.78, 5) is 25.4. The topological polar surface area (TPSA) is 67.8 Å². The fourth-order valence-corrected chi connectivity index (χ4v) is 3.03. The molecule has 0 radical (unpaired) electrons. The van der Waals surface area contributed by atoms with Gasteiger partial charge < -0.3 is 0 Å². The zero-order valence-corrected chi connectivity index (χ0v) is 13.9. The molecule has 0 fully saturated rings. The van der Waals surface area contributed by atoms with Gasteiger partial charge in [-0.05, 0) is 44.0 Å². The molecule has 23 heavy (non-hydrogen) atoms. The van der Waals surface area contributed by atoms with Gasteiger partial charge in [-0.1, -0.05) is 6.07 Å². The normalized spacial score (nSPS) is 10.6. The number of pyridine rings is 2. The molecule has 116 valence electrons. The number of aromatic nitrogens is 3. The zero-order valence-electron chi connectivity index (χ0n) is 13.1. The maximum Gasteiger partial charge on any atom is 0.276 e. The second kappa shape index (κ2) is 6.26.